The first-order valence-electron chi connectivity index (χ1n) is 4.63. The van der Waals surface area contributed by atoms with Crippen molar-refractivity contribution in [2.45, 2.75) is 18.8 Å². The maximum atomic E-state index is 10.6. The molecule has 0 atom stereocenters. The van der Waals surface area contributed by atoms with Crippen LogP contribution in [0.4, 0.5) is 0 Å². The fraction of sp³-hybridized carbons (Fsp3) is 0.556. The number of carboxylic acids is 1. The van der Waals surface area contributed by atoms with E-state index in [0.29, 0.717) is 5.92 Å². The molecule has 1 fully saturated rings. The van der Waals surface area contributed by atoms with Crippen LogP contribution in [0.15, 0.2) is 6.20 Å². The van der Waals surface area contributed by atoms with Crippen LogP contribution in [0.5, 0.6) is 0 Å². The van der Waals surface area contributed by atoms with Crippen LogP contribution in [-0.2, 0) is 0 Å². The molecule has 0 aromatic carbocycles. The Bertz CT molecular complexity index is 331. The molecule has 1 aliphatic heterocycles. The second kappa shape index (κ2) is 4.04. The van der Waals surface area contributed by atoms with Crippen LogP contribution in [0.2, 0.25) is 0 Å². The van der Waals surface area contributed by atoms with E-state index in [9.17, 15) is 4.79 Å². The SMILES string of the molecule is O=C(O)c1ncc(C2CCSCC2)[nH]1. The summed E-state index contributed by atoms with van der Waals surface area (Å²) in [5.41, 5.74) is 0.975. The Morgan fingerprint density at radius 1 is 1.57 bits per heavy atom. The zero-order valence-corrected chi connectivity index (χ0v) is 8.51. The third-order valence-electron chi connectivity index (χ3n) is 2.46. The average molecular weight is 212 g/mol. The first-order valence-corrected chi connectivity index (χ1v) is 5.79. The molecule has 0 radical (unpaired) electrons. The molecule has 76 valence electrons. The molecule has 0 amide bonds. The number of nitrogens with zero attached hydrogens (tertiary/aromatic N) is 1. The highest BCUT2D eigenvalue weighted by Gasteiger charge is 2.19. The molecule has 0 aliphatic carbocycles. The van der Waals surface area contributed by atoms with Gasteiger partial charge in [-0.25, -0.2) is 9.78 Å². The second-order valence-electron chi connectivity index (χ2n) is 3.38. The Morgan fingerprint density at radius 2 is 2.29 bits per heavy atom. The highest BCUT2D eigenvalue weighted by atomic mass is 32.2. The number of H-pyrrole nitrogens is 1. The molecular formula is C9H12N2O2S. The predicted octanol–water partition coefficient (Wildman–Crippen LogP) is 1.72. The van der Waals surface area contributed by atoms with Gasteiger partial charge in [0.05, 0.1) is 0 Å². The molecule has 0 saturated carbocycles. The van der Waals surface area contributed by atoms with Crippen molar-refractivity contribution in [2.75, 3.05) is 11.5 Å². The number of carboxylic acid groups (broad SMARTS) is 1. The van der Waals surface area contributed by atoms with Crippen molar-refractivity contribution in [1.82, 2.24) is 9.97 Å². The number of aromatic amines is 1. The Balaban J connectivity index is 2.11. The summed E-state index contributed by atoms with van der Waals surface area (Å²) in [6.45, 7) is 0. The van der Waals surface area contributed by atoms with E-state index < -0.39 is 5.97 Å². The van der Waals surface area contributed by atoms with Crippen LogP contribution in [0.3, 0.4) is 0 Å². The standard InChI is InChI=1S/C9H12N2O2S/c12-9(13)8-10-5-7(11-8)6-1-3-14-4-2-6/h5-6H,1-4H2,(H,10,11)(H,12,13). The van der Waals surface area contributed by atoms with Crippen molar-refractivity contribution >= 4 is 17.7 Å². The lowest BCUT2D eigenvalue weighted by molar-refractivity contribution is 0.0684. The first kappa shape index (κ1) is 9.58. The molecule has 2 N–H and O–H groups in total. The van der Waals surface area contributed by atoms with Gasteiger partial charge in [0.15, 0.2) is 0 Å². The Kier molecular flexibility index (Phi) is 2.77. The number of rotatable bonds is 2. The van der Waals surface area contributed by atoms with Crippen molar-refractivity contribution in [3.8, 4) is 0 Å². The number of thioether (sulfide) groups is 1. The highest BCUT2D eigenvalue weighted by Crippen LogP contribution is 2.30. The van der Waals surface area contributed by atoms with Crippen molar-refractivity contribution in [3.05, 3.63) is 17.7 Å². The van der Waals surface area contributed by atoms with E-state index in [1.807, 2.05) is 11.8 Å². The summed E-state index contributed by atoms with van der Waals surface area (Å²) >= 11 is 1.96. The van der Waals surface area contributed by atoms with Gasteiger partial charge < -0.3 is 10.1 Å². The maximum Gasteiger partial charge on any atom is 0.371 e. The largest absolute Gasteiger partial charge is 0.475 e. The molecule has 0 unspecified atom stereocenters. The molecule has 1 saturated heterocycles. The maximum absolute atomic E-state index is 10.6. The lowest BCUT2D eigenvalue weighted by atomic mass is 10.00. The fourth-order valence-electron chi connectivity index (χ4n) is 1.66. The van der Waals surface area contributed by atoms with Crippen molar-refractivity contribution < 1.29 is 9.90 Å². The molecule has 0 spiro atoms. The van der Waals surface area contributed by atoms with Gasteiger partial charge in [0.25, 0.3) is 0 Å². The Morgan fingerprint density at radius 3 is 2.86 bits per heavy atom. The van der Waals surface area contributed by atoms with E-state index in [-0.39, 0.29) is 5.82 Å². The lowest BCUT2D eigenvalue weighted by Gasteiger charge is -2.19. The minimum absolute atomic E-state index is 0.0539. The summed E-state index contributed by atoms with van der Waals surface area (Å²) in [6.07, 6.45) is 3.89. The van der Waals surface area contributed by atoms with E-state index in [1.54, 1.807) is 6.20 Å². The summed E-state index contributed by atoms with van der Waals surface area (Å²) in [5.74, 6) is 1.86. The van der Waals surface area contributed by atoms with Crippen LogP contribution in [0.1, 0.15) is 35.1 Å². The molecular weight excluding hydrogens is 200 g/mol. The quantitative estimate of drug-likeness (QED) is 0.783. The van der Waals surface area contributed by atoms with Crippen LogP contribution in [0.25, 0.3) is 0 Å². The van der Waals surface area contributed by atoms with E-state index in [1.165, 1.54) is 0 Å². The van der Waals surface area contributed by atoms with Crippen LogP contribution >= 0.6 is 11.8 Å². The summed E-state index contributed by atoms with van der Waals surface area (Å²) < 4.78 is 0. The molecule has 1 aromatic rings. The normalized spacial score (nSPS) is 18.3. The monoisotopic (exact) mass is 212 g/mol. The van der Waals surface area contributed by atoms with Gasteiger partial charge in [0.2, 0.25) is 5.82 Å². The Hall–Kier alpha value is -0.970. The molecule has 1 aromatic heterocycles. The van der Waals surface area contributed by atoms with Gasteiger partial charge in [-0.1, -0.05) is 0 Å². The van der Waals surface area contributed by atoms with Gasteiger partial charge in [-0.15, -0.1) is 0 Å². The first-order chi connectivity index (χ1) is 6.77. The van der Waals surface area contributed by atoms with E-state index in [0.717, 1.165) is 30.0 Å². The van der Waals surface area contributed by atoms with Crippen LogP contribution < -0.4 is 0 Å². The number of aromatic nitrogens is 2. The number of hydrogen-bond acceptors (Lipinski definition) is 3. The molecule has 14 heavy (non-hydrogen) atoms. The molecule has 2 rings (SSSR count). The van der Waals surface area contributed by atoms with Crippen LogP contribution in [-0.4, -0.2) is 32.5 Å². The zero-order chi connectivity index (χ0) is 9.97. The molecule has 0 bridgehead atoms. The van der Waals surface area contributed by atoms with E-state index in [2.05, 4.69) is 9.97 Å². The van der Waals surface area contributed by atoms with E-state index in [4.69, 9.17) is 5.11 Å². The summed E-state index contributed by atoms with van der Waals surface area (Å²) in [7, 11) is 0. The number of nitrogens with one attached hydrogen (secondary N) is 1. The molecule has 5 heteroatoms. The summed E-state index contributed by atoms with van der Waals surface area (Å²) in [5, 5.41) is 8.70. The van der Waals surface area contributed by atoms with Crippen molar-refractivity contribution in [1.29, 1.82) is 0 Å². The molecule has 1 aliphatic rings. The lowest BCUT2D eigenvalue weighted by Crippen LogP contribution is -2.08. The van der Waals surface area contributed by atoms with Gasteiger partial charge in [-0.05, 0) is 24.3 Å². The number of hydrogen-bond donors (Lipinski definition) is 2. The smallest absolute Gasteiger partial charge is 0.371 e. The van der Waals surface area contributed by atoms with Gasteiger partial charge in [-0.3, -0.25) is 0 Å². The minimum Gasteiger partial charge on any atom is -0.475 e. The van der Waals surface area contributed by atoms with Gasteiger partial charge in [-0.2, -0.15) is 11.8 Å². The number of carbonyl (C=O) groups is 1. The van der Waals surface area contributed by atoms with E-state index >= 15 is 0 Å². The van der Waals surface area contributed by atoms with Crippen molar-refractivity contribution in [3.63, 3.8) is 0 Å². The zero-order valence-electron chi connectivity index (χ0n) is 7.69. The fourth-order valence-corrected chi connectivity index (χ4v) is 2.77. The van der Waals surface area contributed by atoms with Crippen molar-refractivity contribution in [2.24, 2.45) is 0 Å². The van der Waals surface area contributed by atoms with Crippen LogP contribution in [0, 0.1) is 0 Å². The van der Waals surface area contributed by atoms with Gasteiger partial charge in [0, 0.05) is 17.8 Å². The molecule has 2 heterocycles. The Labute approximate surface area is 86.1 Å². The minimum atomic E-state index is -0.985. The highest BCUT2D eigenvalue weighted by molar-refractivity contribution is 7.99. The predicted molar refractivity (Wildman–Crippen MR) is 54.8 cm³/mol. The number of aromatic carboxylic acids is 1. The average Bonchev–Trinajstić information content (AvgIpc) is 2.68. The number of imidazole rings is 1. The summed E-state index contributed by atoms with van der Waals surface area (Å²) in [6, 6.07) is 0. The second-order valence-corrected chi connectivity index (χ2v) is 4.60. The van der Waals surface area contributed by atoms with Gasteiger partial charge >= 0.3 is 5.97 Å². The topological polar surface area (TPSA) is 66.0 Å². The summed E-state index contributed by atoms with van der Waals surface area (Å²) in [4.78, 5) is 17.3. The van der Waals surface area contributed by atoms with Gasteiger partial charge in [0.1, 0.15) is 0 Å². The third-order valence-corrected chi connectivity index (χ3v) is 3.51. The third kappa shape index (κ3) is 1.92. The molecule has 4 nitrogen and oxygen atoms in total.